The second-order valence-corrected chi connectivity index (χ2v) is 8.27. The van der Waals surface area contributed by atoms with Crippen LogP contribution in [0.2, 0.25) is 0 Å². The maximum absolute atomic E-state index is 10.8. The second-order valence-electron chi connectivity index (χ2n) is 8.27. The number of nitrogens with zero attached hydrogens (tertiary/aromatic N) is 3. The molecule has 0 aliphatic heterocycles. The molecule has 7 heteroatoms. The number of nitro groups is 1. The number of non-ortho nitro benzene ring substituents is 1. The molecule has 3 rings (SSSR count). The van der Waals surface area contributed by atoms with Gasteiger partial charge in [-0.05, 0) is 42.8 Å². The molecule has 0 radical (unpaired) electrons. The number of rotatable bonds is 15. The predicted molar refractivity (Wildman–Crippen MR) is 129 cm³/mol. The van der Waals surface area contributed by atoms with E-state index in [1.807, 2.05) is 24.3 Å². The van der Waals surface area contributed by atoms with Crippen LogP contribution in [0.25, 0.3) is 22.9 Å². The summed E-state index contributed by atoms with van der Waals surface area (Å²) in [6.07, 6.45) is 13.1. The minimum absolute atomic E-state index is 0.0203. The summed E-state index contributed by atoms with van der Waals surface area (Å²) < 4.78 is 11.6. The highest BCUT2D eigenvalue weighted by molar-refractivity contribution is 5.59. The average molecular weight is 452 g/mol. The molecule has 0 aliphatic carbocycles. The number of hydrogen-bond acceptors (Lipinski definition) is 6. The fourth-order valence-corrected chi connectivity index (χ4v) is 3.66. The summed E-state index contributed by atoms with van der Waals surface area (Å²) in [7, 11) is 0. The highest BCUT2D eigenvalue weighted by atomic mass is 16.6. The van der Waals surface area contributed by atoms with Crippen molar-refractivity contribution in [1.82, 2.24) is 10.2 Å². The third kappa shape index (κ3) is 8.00. The largest absolute Gasteiger partial charge is 0.494 e. The van der Waals surface area contributed by atoms with Crippen molar-refractivity contribution in [1.29, 1.82) is 0 Å². The molecule has 1 aromatic heterocycles. The number of benzene rings is 2. The van der Waals surface area contributed by atoms with Gasteiger partial charge in [-0.3, -0.25) is 10.1 Å². The molecule has 0 N–H and O–H groups in total. The fraction of sp³-hybridized carbons (Fsp3) is 0.462. The highest BCUT2D eigenvalue weighted by Gasteiger charge is 2.12. The Balaban J connectivity index is 1.37. The van der Waals surface area contributed by atoms with Crippen molar-refractivity contribution in [3.05, 3.63) is 58.6 Å². The van der Waals surface area contributed by atoms with Crippen LogP contribution in [0.4, 0.5) is 5.69 Å². The van der Waals surface area contributed by atoms with Crippen molar-refractivity contribution in [2.45, 2.75) is 71.1 Å². The van der Waals surface area contributed by atoms with Gasteiger partial charge < -0.3 is 9.15 Å². The molecule has 3 aromatic rings. The van der Waals surface area contributed by atoms with Crippen LogP contribution >= 0.6 is 0 Å². The summed E-state index contributed by atoms with van der Waals surface area (Å²) in [5, 5.41) is 18.9. The first-order chi connectivity index (χ1) is 16.2. The summed E-state index contributed by atoms with van der Waals surface area (Å²) >= 11 is 0. The molecule has 0 amide bonds. The SMILES string of the molecule is CCCCCCCCCCCCOc1ccc(-c2nnc(-c3ccc([N+](=O)[O-])cc3)o2)cc1. The van der Waals surface area contributed by atoms with E-state index in [-0.39, 0.29) is 5.69 Å². The first kappa shape index (κ1) is 24.4. The van der Waals surface area contributed by atoms with Crippen LogP contribution in [0, 0.1) is 10.1 Å². The lowest BCUT2D eigenvalue weighted by Crippen LogP contribution is -1.97. The van der Waals surface area contributed by atoms with Gasteiger partial charge >= 0.3 is 0 Å². The van der Waals surface area contributed by atoms with Crippen molar-refractivity contribution in [3.8, 4) is 28.7 Å². The minimum atomic E-state index is -0.441. The molecule has 0 unspecified atom stereocenters. The van der Waals surface area contributed by atoms with Gasteiger partial charge in [0, 0.05) is 23.3 Å². The average Bonchev–Trinajstić information content (AvgIpc) is 3.33. The van der Waals surface area contributed by atoms with Gasteiger partial charge in [0.1, 0.15) is 5.75 Å². The molecule has 176 valence electrons. The molecule has 0 fully saturated rings. The Morgan fingerprint density at radius 3 is 1.76 bits per heavy atom. The Labute approximate surface area is 195 Å². The second kappa shape index (κ2) is 13.4. The summed E-state index contributed by atoms with van der Waals surface area (Å²) in [6.45, 7) is 2.98. The van der Waals surface area contributed by atoms with Gasteiger partial charge in [0.25, 0.3) is 5.69 Å². The van der Waals surface area contributed by atoms with E-state index in [0.29, 0.717) is 17.3 Å². The van der Waals surface area contributed by atoms with Crippen molar-refractivity contribution >= 4 is 5.69 Å². The molecule has 7 nitrogen and oxygen atoms in total. The smallest absolute Gasteiger partial charge is 0.269 e. The zero-order valence-electron chi connectivity index (χ0n) is 19.4. The van der Waals surface area contributed by atoms with Gasteiger partial charge in [-0.1, -0.05) is 64.7 Å². The Kier molecular flexibility index (Phi) is 9.88. The van der Waals surface area contributed by atoms with E-state index in [0.717, 1.165) is 24.3 Å². The minimum Gasteiger partial charge on any atom is -0.494 e. The van der Waals surface area contributed by atoms with Gasteiger partial charge in [0.2, 0.25) is 11.8 Å². The molecule has 0 bridgehead atoms. The third-order valence-corrected chi connectivity index (χ3v) is 5.62. The lowest BCUT2D eigenvalue weighted by molar-refractivity contribution is -0.384. The fourth-order valence-electron chi connectivity index (χ4n) is 3.66. The molecule has 1 heterocycles. The number of ether oxygens (including phenoxy) is 1. The molecule has 0 aliphatic rings. The monoisotopic (exact) mass is 451 g/mol. The lowest BCUT2D eigenvalue weighted by Gasteiger charge is -2.06. The van der Waals surface area contributed by atoms with Crippen molar-refractivity contribution < 1.29 is 14.1 Å². The van der Waals surface area contributed by atoms with E-state index in [4.69, 9.17) is 9.15 Å². The van der Waals surface area contributed by atoms with E-state index in [1.165, 1.54) is 69.9 Å². The van der Waals surface area contributed by atoms with Crippen molar-refractivity contribution in [2.75, 3.05) is 6.61 Å². The van der Waals surface area contributed by atoms with Crippen LogP contribution in [0.3, 0.4) is 0 Å². The first-order valence-electron chi connectivity index (χ1n) is 12.0. The molecular weight excluding hydrogens is 418 g/mol. The number of nitro benzene ring substituents is 1. The molecule has 33 heavy (non-hydrogen) atoms. The summed E-state index contributed by atoms with van der Waals surface area (Å²) in [5.74, 6) is 1.54. The van der Waals surface area contributed by atoms with Crippen molar-refractivity contribution in [2.24, 2.45) is 0 Å². The van der Waals surface area contributed by atoms with Gasteiger partial charge in [-0.25, -0.2) is 0 Å². The van der Waals surface area contributed by atoms with Crippen LogP contribution in [0.5, 0.6) is 5.75 Å². The molecule has 0 spiro atoms. The standard InChI is InChI=1S/C26H33N3O4/c1-2-3-4-5-6-7-8-9-10-11-20-32-24-18-14-22(15-19-24)26-28-27-25(33-26)21-12-16-23(17-13-21)29(30)31/h12-19H,2-11,20H2,1H3. The van der Waals surface area contributed by atoms with Crippen molar-refractivity contribution in [3.63, 3.8) is 0 Å². The van der Waals surface area contributed by atoms with E-state index in [9.17, 15) is 10.1 Å². The zero-order valence-corrected chi connectivity index (χ0v) is 19.4. The Hall–Kier alpha value is -3.22. The summed E-state index contributed by atoms with van der Waals surface area (Å²) in [5.41, 5.74) is 1.45. The number of hydrogen-bond donors (Lipinski definition) is 0. The summed E-state index contributed by atoms with van der Waals surface area (Å²) in [4.78, 5) is 10.3. The predicted octanol–water partition coefficient (Wildman–Crippen LogP) is 7.61. The number of unbranched alkanes of at least 4 members (excludes halogenated alkanes) is 9. The normalized spacial score (nSPS) is 10.9. The maximum Gasteiger partial charge on any atom is 0.269 e. The van der Waals surface area contributed by atoms with E-state index < -0.39 is 4.92 Å². The Morgan fingerprint density at radius 1 is 0.758 bits per heavy atom. The molecule has 0 saturated carbocycles. The van der Waals surface area contributed by atoms with E-state index >= 15 is 0 Å². The van der Waals surface area contributed by atoms with Crippen LogP contribution in [0.1, 0.15) is 71.1 Å². The summed E-state index contributed by atoms with van der Waals surface area (Å²) in [6, 6.07) is 13.6. The lowest BCUT2D eigenvalue weighted by atomic mass is 10.1. The highest BCUT2D eigenvalue weighted by Crippen LogP contribution is 2.26. The van der Waals surface area contributed by atoms with Crippen LogP contribution in [-0.2, 0) is 0 Å². The maximum atomic E-state index is 10.8. The Bertz CT molecular complexity index is 968. The number of aromatic nitrogens is 2. The third-order valence-electron chi connectivity index (χ3n) is 5.62. The molecule has 2 aromatic carbocycles. The van der Waals surface area contributed by atoms with E-state index in [2.05, 4.69) is 17.1 Å². The quantitative estimate of drug-likeness (QED) is 0.134. The van der Waals surface area contributed by atoms with Crippen LogP contribution in [-0.4, -0.2) is 21.7 Å². The Morgan fingerprint density at radius 2 is 1.24 bits per heavy atom. The van der Waals surface area contributed by atoms with Gasteiger partial charge in [0.15, 0.2) is 0 Å². The van der Waals surface area contributed by atoms with Crippen LogP contribution in [0.15, 0.2) is 52.9 Å². The topological polar surface area (TPSA) is 91.3 Å². The van der Waals surface area contributed by atoms with E-state index in [1.54, 1.807) is 12.1 Å². The van der Waals surface area contributed by atoms with Gasteiger partial charge in [-0.15, -0.1) is 10.2 Å². The van der Waals surface area contributed by atoms with Gasteiger partial charge in [-0.2, -0.15) is 0 Å². The first-order valence-corrected chi connectivity index (χ1v) is 12.0. The zero-order chi connectivity index (χ0) is 23.3. The van der Waals surface area contributed by atoms with Gasteiger partial charge in [0.05, 0.1) is 11.5 Å². The molecule has 0 atom stereocenters. The molecular formula is C26H33N3O4. The molecule has 0 saturated heterocycles. The van der Waals surface area contributed by atoms with Crippen LogP contribution < -0.4 is 4.74 Å².